The third-order valence-electron chi connectivity index (χ3n) is 2.43. The topological polar surface area (TPSA) is 43.8 Å². The Kier molecular flexibility index (Phi) is 3.95. The first-order chi connectivity index (χ1) is 7.11. The summed E-state index contributed by atoms with van der Waals surface area (Å²) in [5.74, 6) is 2.27. The van der Waals surface area contributed by atoms with Crippen LogP contribution >= 0.6 is 0 Å². The van der Waals surface area contributed by atoms with Crippen LogP contribution in [0.1, 0.15) is 44.6 Å². The lowest BCUT2D eigenvalue weighted by Crippen LogP contribution is -2.07. The fraction of sp³-hybridized carbons (Fsp3) is 0.583. The van der Waals surface area contributed by atoms with Gasteiger partial charge in [-0.15, -0.1) is 6.58 Å². The van der Waals surface area contributed by atoms with Crippen LogP contribution in [0.25, 0.3) is 0 Å². The molecule has 1 rings (SSSR count). The van der Waals surface area contributed by atoms with E-state index >= 15 is 0 Å². The minimum atomic E-state index is 0.401. The maximum atomic E-state index is 6.07. The predicted molar refractivity (Wildman–Crippen MR) is 64.9 cm³/mol. The second-order valence-corrected chi connectivity index (χ2v) is 4.11. The minimum Gasteiger partial charge on any atom is -0.384 e. The Hall–Kier alpha value is -1.25. The van der Waals surface area contributed by atoms with Gasteiger partial charge in [0.25, 0.3) is 0 Å². The second-order valence-electron chi connectivity index (χ2n) is 4.11. The maximum Gasteiger partial charge on any atom is 0.127 e. The molecular formula is C12H21N3. The average Bonchev–Trinajstić information content (AvgIpc) is 2.48. The largest absolute Gasteiger partial charge is 0.384 e. The van der Waals surface area contributed by atoms with Crippen LogP contribution < -0.4 is 5.73 Å². The Bertz CT molecular complexity index is 337. The molecule has 3 heteroatoms. The van der Waals surface area contributed by atoms with Crippen LogP contribution in [0.3, 0.4) is 0 Å². The van der Waals surface area contributed by atoms with Crippen molar-refractivity contribution in [2.24, 2.45) is 0 Å². The zero-order chi connectivity index (χ0) is 11.4. The predicted octanol–water partition coefficient (Wildman–Crippen LogP) is 2.73. The highest BCUT2D eigenvalue weighted by Gasteiger charge is 2.15. The summed E-state index contributed by atoms with van der Waals surface area (Å²) >= 11 is 0. The maximum absolute atomic E-state index is 6.07. The first kappa shape index (κ1) is 11.8. The lowest BCUT2D eigenvalue weighted by Gasteiger charge is -2.09. The van der Waals surface area contributed by atoms with Crippen molar-refractivity contribution in [1.29, 1.82) is 0 Å². The standard InChI is InChI=1S/C12H21N3/c1-5-7-10-11(13)15(8-6-2)12(14-10)9(3)4/h6,9H,2,5,7-8,13H2,1,3-4H3. The third kappa shape index (κ3) is 2.41. The summed E-state index contributed by atoms with van der Waals surface area (Å²) in [4.78, 5) is 4.61. The van der Waals surface area contributed by atoms with E-state index in [2.05, 4.69) is 36.9 Å². The highest BCUT2D eigenvalue weighted by Crippen LogP contribution is 2.22. The molecule has 1 aromatic rings. The minimum absolute atomic E-state index is 0.401. The molecule has 0 bridgehead atoms. The monoisotopic (exact) mass is 207 g/mol. The molecule has 2 N–H and O–H groups in total. The van der Waals surface area contributed by atoms with E-state index in [1.807, 2.05) is 6.08 Å². The molecular weight excluding hydrogens is 186 g/mol. The van der Waals surface area contributed by atoms with Crippen molar-refractivity contribution in [2.45, 2.75) is 46.1 Å². The van der Waals surface area contributed by atoms with Crippen molar-refractivity contribution in [3.8, 4) is 0 Å². The van der Waals surface area contributed by atoms with Crippen molar-refractivity contribution >= 4 is 5.82 Å². The van der Waals surface area contributed by atoms with Gasteiger partial charge in [-0.05, 0) is 6.42 Å². The Morgan fingerprint density at radius 2 is 2.20 bits per heavy atom. The lowest BCUT2D eigenvalue weighted by molar-refractivity contribution is 0.683. The van der Waals surface area contributed by atoms with E-state index in [1.54, 1.807) is 0 Å². The molecule has 0 saturated carbocycles. The van der Waals surface area contributed by atoms with E-state index in [-0.39, 0.29) is 0 Å². The fourth-order valence-corrected chi connectivity index (χ4v) is 1.72. The number of hydrogen-bond donors (Lipinski definition) is 1. The Morgan fingerprint density at radius 1 is 1.53 bits per heavy atom. The van der Waals surface area contributed by atoms with Gasteiger partial charge in [0.15, 0.2) is 0 Å². The number of nitrogens with zero attached hydrogens (tertiary/aromatic N) is 2. The molecule has 0 aliphatic heterocycles. The van der Waals surface area contributed by atoms with Crippen molar-refractivity contribution in [3.05, 3.63) is 24.2 Å². The highest BCUT2D eigenvalue weighted by molar-refractivity contribution is 5.39. The molecule has 0 amide bonds. The second kappa shape index (κ2) is 5.01. The molecule has 15 heavy (non-hydrogen) atoms. The molecule has 0 saturated heterocycles. The van der Waals surface area contributed by atoms with Crippen molar-refractivity contribution in [1.82, 2.24) is 9.55 Å². The smallest absolute Gasteiger partial charge is 0.127 e. The molecule has 0 aliphatic carbocycles. The number of hydrogen-bond acceptors (Lipinski definition) is 2. The fourth-order valence-electron chi connectivity index (χ4n) is 1.72. The summed E-state index contributed by atoms with van der Waals surface area (Å²) in [6.07, 6.45) is 3.89. The molecule has 0 atom stereocenters. The van der Waals surface area contributed by atoms with Gasteiger partial charge in [0, 0.05) is 12.5 Å². The molecule has 3 nitrogen and oxygen atoms in total. The van der Waals surface area contributed by atoms with Crippen molar-refractivity contribution in [3.63, 3.8) is 0 Å². The molecule has 0 spiro atoms. The average molecular weight is 207 g/mol. The Morgan fingerprint density at radius 3 is 2.67 bits per heavy atom. The number of nitrogen functional groups attached to an aromatic ring is 1. The van der Waals surface area contributed by atoms with Crippen molar-refractivity contribution in [2.75, 3.05) is 5.73 Å². The molecule has 1 aromatic heterocycles. The van der Waals surface area contributed by atoms with E-state index in [0.717, 1.165) is 36.7 Å². The molecule has 0 aliphatic rings. The van der Waals surface area contributed by atoms with Crippen LogP contribution in [-0.4, -0.2) is 9.55 Å². The Labute approximate surface area is 92.0 Å². The van der Waals surface area contributed by atoms with Gasteiger partial charge in [-0.25, -0.2) is 4.98 Å². The quantitative estimate of drug-likeness (QED) is 0.754. The molecule has 0 radical (unpaired) electrons. The summed E-state index contributed by atoms with van der Waals surface area (Å²) in [5, 5.41) is 0. The first-order valence-corrected chi connectivity index (χ1v) is 5.57. The lowest BCUT2D eigenvalue weighted by atomic mass is 10.2. The molecule has 1 heterocycles. The van der Waals surface area contributed by atoms with E-state index in [9.17, 15) is 0 Å². The summed E-state index contributed by atoms with van der Waals surface area (Å²) in [5.41, 5.74) is 7.10. The zero-order valence-corrected chi connectivity index (χ0v) is 9.95. The first-order valence-electron chi connectivity index (χ1n) is 5.57. The van der Waals surface area contributed by atoms with Gasteiger partial charge in [-0.3, -0.25) is 0 Å². The molecule has 0 unspecified atom stereocenters. The molecule has 0 fully saturated rings. The third-order valence-corrected chi connectivity index (χ3v) is 2.43. The van der Waals surface area contributed by atoms with Gasteiger partial charge < -0.3 is 10.3 Å². The number of anilines is 1. The highest BCUT2D eigenvalue weighted by atomic mass is 15.1. The van der Waals surface area contributed by atoms with Gasteiger partial charge in [0.2, 0.25) is 0 Å². The summed E-state index contributed by atoms with van der Waals surface area (Å²) in [6, 6.07) is 0. The van der Waals surface area contributed by atoms with Gasteiger partial charge in [-0.2, -0.15) is 0 Å². The molecule has 0 aromatic carbocycles. The summed E-state index contributed by atoms with van der Waals surface area (Å²) in [6.45, 7) is 10.9. The van der Waals surface area contributed by atoms with Crippen molar-refractivity contribution < 1.29 is 0 Å². The number of aromatic nitrogens is 2. The Balaban J connectivity index is 3.13. The van der Waals surface area contributed by atoms with Gasteiger partial charge in [0.1, 0.15) is 11.6 Å². The van der Waals surface area contributed by atoms with E-state index < -0.39 is 0 Å². The van der Waals surface area contributed by atoms with E-state index in [1.165, 1.54) is 0 Å². The van der Waals surface area contributed by atoms with Crippen LogP contribution in [0.15, 0.2) is 12.7 Å². The van der Waals surface area contributed by atoms with Gasteiger partial charge in [-0.1, -0.05) is 33.3 Å². The van der Waals surface area contributed by atoms with Crippen LogP contribution in [0.4, 0.5) is 5.82 Å². The summed E-state index contributed by atoms with van der Waals surface area (Å²) in [7, 11) is 0. The van der Waals surface area contributed by atoms with Gasteiger partial charge in [0.05, 0.1) is 5.69 Å². The normalized spacial score (nSPS) is 10.9. The van der Waals surface area contributed by atoms with Crippen LogP contribution in [0.2, 0.25) is 0 Å². The number of nitrogens with two attached hydrogens (primary N) is 1. The summed E-state index contributed by atoms with van der Waals surface area (Å²) < 4.78 is 2.06. The zero-order valence-electron chi connectivity index (χ0n) is 9.95. The van der Waals surface area contributed by atoms with Crippen LogP contribution in [0.5, 0.6) is 0 Å². The number of imidazole rings is 1. The van der Waals surface area contributed by atoms with Crippen LogP contribution in [-0.2, 0) is 13.0 Å². The van der Waals surface area contributed by atoms with E-state index in [0.29, 0.717) is 5.92 Å². The number of allylic oxidation sites excluding steroid dienone is 1. The van der Waals surface area contributed by atoms with E-state index in [4.69, 9.17) is 5.73 Å². The SMILES string of the molecule is C=CCn1c(C(C)C)nc(CCC)c1N. The van der Waals surface area contributed by atoms with Crippen LogP contribution in [0, 0.1) is 0 Å². The van der Waals surface area contributed by atoms with Gasteiger partial charge >= 0.3 is 0 Å². The number of rotatable bonds is 5. The number of aryl methyl sites for hydroxylation is 1. The molecule has 84 valence electrons.